The normalized spacial score (nSPS) is 16.4. The molecule has 0 spiro atoms. The van der Waals surface area contributed by atoms with Crippen LogP contribution in [0, 0.1) is 5.82 Å². The molecule has 0 radical (unpaired) electrons. The first-order valence-electron chi connectivity index (χ1n) is 8.20. The summed E-state index contributed by atoms with van der Waals surface area (Å²) < 4.78 is 18.7. The number of benzene rings is 2. The van der Waals surface area contributed by atoms with Crippen molar-refractivity contribution < 1.29 is 18.7 Å². The topological polar surface area (TPSA) is 58.6 Å². The third kappa shape index (κ3) is 3.88. The molecule has 0 aromatic heterocycles. The molecule has 2 aromatic carbocycles. The van der Waals surface area contributed by atoms with Gasteiger partial charge >= 0.3 is 0 Å². The van der Waals surface area contributed by atoms with E-state index >= 15 is 0 Å². The largest absolute Gasteiger partial charge is 0.497 e. The van der Waals surface area contributed by atoms with Gasteiger partial charge in [0.15, 0.2) is 0 Å². The van der Waals surface area contributed by atoms with Gasteiger partial charge in [0, 0.05) is 16.7 Å². The van der Waals surface area contributed by atoms with Crippen molar-refractivity contribution in [2.24, 2.45) is 0 Å². The minimum atomic E-state index is -0.554. The Balaban J connectivity index is 1.74. The molecule has 1 saturated heterocycles. The summed E-state index contributed by atoms with van der Waals surface area (Å²) in [7, 11) is 1.57. The Hall–Kier alpha value is -2.41. The van der Waals surface area contributed by atoms with Crippen molar-refractivity contribution in [3.63, 3.8) is 0 Å². The second-order valence-electron chi connectivity index (χ2n) is 6.00. The first kappa shape index (κ1) is 18.4. The Morgan fingerprint density at radius 3 is 2.62 bits per heavy atom. The van der Waals surface area contributed by atoms with Crippen molar-refractivity contribution in [1.29, 1.82) is 0 Å². The summed E-state index contributed by atoms with van der Waals surface area (Å²) in [6, 6.07) is 10.4. The van der Waals surface area contributed by atoms with E-state index in [1.54, 1.807) is 31.4 Å². The van der Waals surface area contributed by atoms with Gasteiger partial charge in [0.2, 0.25) is 5.91 Å². The smallest absolute Gasteiger partial charge is 0.255 e. The van der Waals surface area contributed by atoms with Crippen molar-refractivity contribution in [2.45, 2.75) is 18.9 Å². The molecule has 2 aromatic rings. The molecular weight excluding hydrogens is 403 g/mol. The third-order valence-corrected chi connectivity index (χ3v) is 4.99. The fourth-order valence-corrected chi connectivity index (χ4v) is 3.52. The van der Waals surface area contributed by atoms with Gasteiger partial charge in [-0.3, -0.25) is 9.59 Å². The van der Waals surface area contributed by atoms with Gasteiger partial charge in [-0.25, -0.2) is 4.39 Å². The van der Waals surface area contributed by atoms with Crippen LogP contribution in [0.15, 0.2) is 46.9 Å². The van der Waals surface area contributed by atoms with Gasteiger partial charge in [0.25, 0.3) is 5.91 Å². The molecule has 1 fully saturated rings. The average Bonchev–Trinajstić information content (AvgIpc) is 3.12. The highest BCUT2D eigenvalue weighted by Gasteiger charge is 2.35. The lowest BCUT2D eigenvalue weighted by molar-refractivity contribution is -0.119. The number of ether oxygens (including phenoxy) is 1. The summed E-state index contributed by atoms with van der Waals surface area (Å²) in [5.74, 6) is -0.256. The lowest BCUT2D eigenvalue weighted by Gasteiger charge is -2.24. The Morgan fingerprint density at radius 2 is 1.96 bits per heavy atom. The Morgan fingerprint density at radius 1 is 1.23 bits per heavy atom. The summed E-state index contributed by atoms with van der Waals surface area (Å²) in [5, 5.41) is 2.84. The van der Waals surface area contributed by atoms with E-state index in [1.807, 2.05) is 0 Å². The first-order chi connectivity index (χ1) is 12.5. The van der Waals surface area contributed by atoms with Crippen LogP contribution >= 0.6 is 15.9 Å². The van der Waals surface area contributed by atoms with Crippen LogP contribution in [-0.4, -0.2) is 36.4 Å². The molecule has 1 aliphatic heterocycles. The quantitative estimate of drug-likeness (QED) is 0.817. The number of amides is 2. The molecule has 1 N–H and O–H groups in total. The van der Waals surface area contributed by atoms with Gasteiger partial charge in [-0.1, -0.05) is 0 Å². The average molecular weight is 421 g/mol. The van der Waals surface area contributed by atoms with E-state index in [1.165, 1.54) is 23.1 Å². The lowest BCUT2D eigenvalue weighted by Crippen LogP contribution is -2.43. The summed E-state index contributed by atoms with van der Waals surface area (Å²) in [6.45, 7) is 0.489. The van der Waals surface area contributed by atoms with E-state index in [0.717, 1.165) is 6.42 Å². The van der Waals surface area contributed by atoms with E-state index in [4.69, 9.17) is 4.74 Å². The standard InChI is InChI=1S/C19H18BrFN2O3/c1-26-14-7-5-13(6-8-14)22-18(24)17-3-2-10-23(17)19(25)15-9-4-12(21)11-16(15)20/h4-9,11,17H,2-3,10H2,1H3,(H,22,24). The minimum Gasteiger partial charge on any atom is -0.497 e. The molecule has 136 valence electrons. The molecule has 1 aliphatic rings. The van der Waals surface area contributed by atoms with Crippen LogP contribution in [0.3, 0.4) is 0 Å². The molecule has 2 amide bonds. The monoisotopic (exact) mass is 420 g/mol. The summed E-state index contributed by atoms with van der Waals surface area (Å²) in [6.07, 6.45) is 1.33. The maximum Gasteiger partial charge on any atom is 0.255 e. The minimum absolute atomic E-state index is 0.237. The summed E-state index contributed by atoms with van der Waals surface area (Å²) in [5.41, 5.74) is 0.980. The highest BCUT2D eigenvalue weighted by Crippen LogP contribution is 2.26. The fraction of sp³-hybridized carbons (Fsp3) is 0.263. The van der Waals surface area contributed by atoms with Crippen LogP contribution in [0.25, 0.3) is 0 Å². The molecule has 26 heavy (non-hydrogen) atoms. The van der Waals surface area contributed by atoms with Crippen LogP contribution < -0.4 is 10.1 Å². The highest BCUT2D eigenvalue weighted by atomic mass is 79.9. The SMILES string of the molecule is COc1ccc(NC(=O)C2CCCN2C(=O)c2ccc(F)cc2Br)cc1. The van der Waals surface area contributed by atoms with Gasteiger partial charge in [0.05, 0.1) is 12.7 Å². The van der Waals surface area contributed by atoms with Crippen molar-refractivity contribution in [3.05, 3.63) is 58.3 Å². The van der Waals surface area contributed by atoms with Crippen molar-refractivity contribution in [3.8, 4) is 5.75 Å². The van der Waals surface area contributed by atoms with Crippen LogP contribution in [0.2, 0.25) is 0 Å². The molecule has 7 heteroatoms. The van der Waals surface area contributed by atoms with Crippen LogP contribution in [0.4, 0.5) is 10.1 Å². The molecule has 5 nitrogen and oxygen atoms in total. The number of nitrogens with zero attached hydrogens (tertiary/aromatic N) is 1. The molecule has 3 rings (SSSR count). The molecule has 1 heterocycles. The van der Waals surface area contributed by atoms with E-state index in [9.17, 15) is 14.0 Å². The number of rotatable bonds is 4. The number of nitrogens with one attached hydrogen (secondary N) is 1. The number of carbonyl (C=O) groups is 2. The Kier molecular flexibility index (Phi) is 5.56. The number of hydrogen-bond donors (Lipinski definition) is 1. The number of hydrogen-bond acceptors (Lipinski definition) is 3. The Bertz CT molecular complexity index is 826. The van der Waals surface area contributed by atoms with Gasteiger partial charge in [-0.2, -0.15) is 0 Å². The summed E-state index contributed by atoms with van der Waals surface area (Å²) >= 11 is 3.22. The Labute approximate surface area is 159 Å². The predicted octanol–water partition coefficient (Wildman–Crippen LogP) is 3.84. The molecule has 1 unspecified atom stereocenters. The lowest BCUT2D eigenvalue weighted by atomic mass is 10.1. The molecule has 0 saturated carbocycles. The van der Waals surface area contributed by atoms with E-state index in [0.29, 0.717) is 34.4 Å². The highest BCUT2D eigenvalue weighted by molar-refractivity contribution is 9.10. The number of anilines is 1. The predicted molar refractivity (Wildman–Crippen MR) is 99.8 cm³/mol. The third-order valence-electron chi connectivity index (χ3n) is 4.34. The van der Waals surface area contributed by atoms with Crippen LogP contribution in [-0.2, 0) is 4.79 Å². The zero-order chi connectivity index (χ0) is 18.7. The van der Waals surface area contributed by atoms with E-state index in [2.05, 4.69) is 21.2 Å². The molecule has 0 bridgehead atoms. The second kappa shape index (κ2) is 7.86. The van der Waals surface area contributed by atoms with Crippen molar-refractivity contribution in [2.75, 3.05) is 19.0 Å². The maximum atomic E-state index is 13.3. The number of methoxy groups -OCH3 is 1. The van der Waals surface area contributed by atoms with Crippen molar-refractivity contribution >= 4 is 33.4 Å². The summed E-state index contributed by atoms with van der Waals surface area (Å²) in [4.78, 5) is 27.0. The van der Waals surface area contributed by atoms with Gasteiger partial charge in [0.1, 0.15) is 17.6 Å². The molecular formula is C19H18BrFN2O3. The van der Waals surface area contributed by atoms with Gasteiger partial charge in [-0.05, 0) is 71.2 Å². The van der Waals surface area contributed by atoms with Gasteiger partial charge < -0.3 is 15.0 Å². The van der Waals surface area contributed by atoms with Crippen LogP contribution in [0.1, 0.15) is 23.2 Å². The van der Waals surface area contributed by atoms with E-state index < -0.39 is 11.9 Å². The zero-order valence-corrected chi connectivity index (χ0v) is 15.8. The van der Waals surface area contributed by atoms with Crippen molar-refractivity contribution in [1.82, 2.24) is 4.90 Å². The van der Waals surface area contributed by atoms with E-state index in [-0.39, 0.29) is 11.8 Å². The number of carbonyl (C=O) groups excluding carboxylic acids is 2. The first-order valence-corrected chi connectivity index (χ1v) is 9.00. The number of likely N-dealkylation sites (tertiary alicyclic amines) is 1. The molecule has 1 atom stereocenters. The number of halogens is 2. The fourth-order valence-electron chi connectivity index (χ4n) is 3.00. The maximum absolute atomic E-state index is 13.3. The molecule has 0 aliphatic carbocycles. The van der Waals surface area contributed by atoms with Gasteiger partial charge in [-0.15, -0.1) is 0 Å². The van der Waals surface area contributed by atoms with Crippen LogP contribution in [0.5, 0.6) is 5.75 Å². The zero-order valence-electron chi connectivity index (χ0n) is 14.2. The second-order valence-corrected chi connectivity index (χ2v) is 6.85.